The summed E-state index contributed by atoms with van der Waals surface area (Å²) in [4.78, 5) is 4.05. The molecule has 0 radical (unpaired) electrons. The van der Waals surface area contributed by atoms with Gasteiger partial charge < -0.3 is 0 Å². The molecule has 0 aliphatic carbocycles. The van der Waals surface area contributed by atoms with Gasteiger partial charge in [0.05, 0.1) is 0 Å². The fourth-order valence-electron chi connectivity index (χ4n) is 1.52. The van der Waals surface area contributed by atoms with Crippen molar-refractivity contribution in [2.45, 2.75) is 6.92 Å². The van der Waals surface area contributed by atoms with Crippen LogP contribution in [0.15, 0.2) is 42.6 Å². The molecule has 0 saturated carbocycles. The van der Waals surface area contributed by atoms with E-state index in [0.29, 0.717) is 5.69 Å². The summed E-state index contributed by atoms with van der Waals surface area (Å²) in [6.07, 6.45) is 1.74. The third kappa shape index (κ3) is 1.87. The van der Waals surface area contributed by atoms with Gasteiger partial charge >= 0.3 is 0 Å². The zero-order valence-electron chi connectivity index (χ0n) is 8.44. The van der Waals surface area contributed by atoms with Crippen molar-refractivity contribution < 1.29 is 0 Å². The molecule has 15 heavy (non-hydrogen) atoms. The van der Waals surface area contributed by atoms with E-state index in [1.165, 1.54) is 5.56 Å². The lowest BCUT2D eigenvalue weighted by molar-refractivity contribution is 1.26. The first-order chi connectivity index (χ1) is 7.31. The third-order valence-electron chi connectivity index (χ3n) is 2.33. The van der Waals surface area contributed by atoms with Crippen molar-refractivity contribution in [2.24, 2.45) is 0 Å². The van der Waals surface area contributed by atoms with E-state index in [-0.39, 0.29) is 0 Å². The van der Waals surface area contributed by atoms with Gasteiger partial charge in [-0.2, -0.15) is 5.26 Å². The number of aryl methyl sites for hydroxylation is 1. The van der Waals surface area contributed by atoms with E-state index in [2.05, 4.69) is 24.0 Å². The largest absolute Gasteiger partial charge is 0.245 e. The predicted octanol–water partition coefficient (Wildman–Crippen LogP) is 2.93. The van der Waals surface area contributed by atoms with Crippen molar-refractivity contribution >= 4 is 0 Å². The van der Waals surface area contributed by atoms with Crippen molar-refractivity contribution in [1.82, 2.24) is 4.98 Å². The van der Waals surface area contributed by atoms with Crippen LogP contribution in [-0.2, 0) is 0 Å². The van der Waals surface area contributed by atoms with Gasteiger partial charge in [-0.25, -0.2) is 4.98 Å². The van der Waals surface area contributed by atoms with Gasteiger partial charge in [0.1, 0.15) is 11.8 Å². The summed E-state index contributed by atoms with van der Waals surface area (Å²) < 4.78 is 0. The van der Waals surface area contributed by atoms with Crippen LogP contribution in [0.25, 0.3) is 11.1 Å². The van der Waals surface area contributed by atoms with E-state index >= 15 is 0 Å². The Labute approximate surface area is 88.8 Å². The molecule has 0 unspecified atom stereocenters. The zero-order chi connectivity index (χ0) is 10.7. The molecule has 72 valence electrons. The van der Waals surface area contributed by atoms with Crippen LogP contribution >= 0.6 is 0 Å². The lowest BCUT2D eigenvalue weighted by atomic mass is 10.0. The number of nitriles is 1. The Kier molecular flexibility index (Phi) is 2.47. The van der Waals surface area contributed by atoms with Gasteiger partial charge in [0.25, 0.3) is 0 Å². The Morgan fingerprint density at radius 1 is 1.13 bits per heavy atom. The molecule has 0 amide bonds. The molecule has 0 fully saturated rings. The van der Waals surface area contributed by atoms with E-state index in [1.807, 2.05) is 24.3 Å². The molecule has 1 aromatic heterocycles. The summed E-state index contributed by atoms with van der Waals surface area (Å²) in [5.74, 6) is 0. The molecule has 2 rings (SSSR count). The van der Waals surface area contributed by atoms with Gasteiger partial charge in [0.2, 0.25) is 0 Å². The van der Waals surface area contributed by atoms with Crippen molar-refractivity contribution in [1.29, 1.82) is 5.26 Å². The molecule has 0 atom stereocenters. The highest BCUT2D eigenvalue weighted by Gasteiger charge is 2.00. The van der Waals surface area contributed by atoms with Crippen LogP contribution in [0.3, 0.4) is 0 Å². The second kappa shape index (κ2) is 3.93. The lowest BCUT2D eigenvalue weighted by Crippen LogP contribution is -1.86. The Morgan fingerprint density at radius 3 is 2.53 bits per heavy atom. The average molecular weight is 194 g/mol. The normalized spacial score (nSPS) is 9.60. The molecular weight excluding hydrogens is 184 g/mol. The zero-order valence-corrected chi connectivity index (χ0v) is 8.44. The Bertz CT molecular complexity index is 507. The molecule has 0 spiro atoms. The second-order valence-corrected chi connectivity index (χ2v) is 3.36. The quantitative estimate of drug-likeness (QED) is 0.699. The molecule has 1 aromatic carbocycles. The maximum absolute atomic E-state index is 8.64. The molecular formula is C13H10N2. The summed E-state index contributed by atoms with van der Waals surface area (Å²) in [6.45, 7) is 2.06. The number of benzene rings is 1. The van der Waals surface area contributed by atoms with Crippen molar-refractivity contribution in [2.75, 3.05) is 0 Å². The smallest absolute Gasteiger partial charge is 0.140 e. The molecule has 2 heteroatoms. The molecule has 0 bridgehead atoms. The van der Waals surface area contributed by atoms with Crippen LogP contribution in [0.5, 0.6) is 0 Å². The monoisotopic (exact) mass is 194 g/mol. The molecule has 0 aliphatic rings. The maximum Gasteiger partial charge on any atom is 0.140 e. The fraction of sp³-hybridized carbons (Fsp3) is 0.0769. The minimum Gasteiger partial charge on any atom is -0.245 e. The van der Waals surface area contributed by atoms with Crippen LogP contribution in [0.4, 0.5) is 0 Å². The average Bonchev–Trinajstić information content (AvgIpc) is 2.30. The summed E-state index contributed by atoms with van der Waals surface area (Å²) in [5.41, 5.74) is 3.87. The van der Waals surface area contributed by atoms with Gasteiger partial charge in [-0.3, -0.25) is 0 Å². The van der Waals surface area contributed by atoms with Crippen LogP contribution in [0, 0.1) is 18.3 Å². The van der Waals surface area contributed by atoms with Gasteiger partial charge in [-0.15, -0.1) is 0 Å². The van der Waals surface area contributed by atoms with Crippen LogP contribution < -0.4 is 0 Å². The highest BCUT2D eigenvalue weighted by atomic mass is 14.7. The molecule has 0 N–H and O–H groups in total. The predicted molar refractivity (Wildman–Crippen MR) is 59.1 cm³/mol. The van der Waals surface area contributed by atoms with Crippen LogP contribution in [0.1, 0.15) is 11.3 Å². The fourth-order valence-corrected chi connectivity index (χ4v) is 1.52. The topological polar surface area (TPSA) is 36.7 Å². The Hall–Kier alpha value is -2.14. The molecule has 2 nitrogen and oxygen atoms in total. The number of pyridine rings is 1. The maximum atomic E-state index is 8.64. The minimum absolute atomic E-state index is 0.451. The lowest BCUT2D eigenvalue weighted by Gasteiger charge is -2.04. The van der Waals surface area contributed by atoms with Gasteiger partial charge in [0, 0.05) is 11.8 Å². The van der Waals surface area contributed by atoms with E-state index in [0.717, 1.165) is 11.1 Å². The van der Waals surface area contributed by atoms with E-state index < -0.39 is 0 Å². The minimum atomic E-state index is 0.451. The summed E-state index contributed by atoms with van der Waals surface area (Å²) in [5, 5.41) is 8.64. The Morgan fingerprint density at radius 2 is 1.93 bits per heavy atom. The highest BCUT2D eigenvalue weighted by Crippen LogP contribution is 2.21. The van der Waals surface area contributed by atoms with Crippen molar-refractivity contribution in [3.63, 3.8) is 0 Å². The third-order valence-corrected chi connectivity index (χ3v) is 2.33. The second-order valence-electron chi connectivity index (χ2n) is 3.36. The van der Waals surface area contributed by atoms with E-state index in [4.69, 9.17) is 5.26 Å². The number of hydrogen-bond donors (Lipinski definition) is 0. The number of aromatic nitrogens is 1. The Balaban J connectivity index is 2.47. The van der Waals surface area contributed by atoms with Crippen LogP contribution in [0.2, 0.25) is 0 Å². The van der Waals surface area contributed by atoms with E-state index in [1.54, 1.807) is 12.3 Å². The molecule has 1 heterocycles. The summed E-state index contributed by atoms with van der Waals surface area (Å²) in [6, 6.07) is 13.8. The molecule has 0 aliphatic heterocycles. The van der Waals surface area contributed by atoms with Gasteiger partial charge in [-0.1, -0.05) is 24.3 Å². The molecule has 0 saturated heterocycles. The van der Waals surface area contributed by atoms with Gasteiger partial charge in [-0.05, 0) is 30.2 Å². The van der Waals surface area contributed by atoms with Gasteiger partial charge in [0.15, 0.2) is 0 Å². The highest BCUT2D eigenvalue weighted by molar-refractivity contribution is 5.66. The first-order valence-corrected chi connectivity index (χ1v) is 4.73. The SMILES string of the molecule is Cc1ccccc1-c1ccc(C#N)nc1. The molecule has 2 aromatic rings. The first-order valence-electron chi connectivity index (χ1n) is 4.73. The number of nitrogens with zero attached hydrogens (tertiary/aromatic N) is 2. The van der Waals surface area contributed by atoms with Crippen LogP contribution in [-0.4, -0.2) is 4.98 Å². The number of rotatable bonds is 1. The first kappa shape index (κ1) is 9.42. The van der Waals surface area contributed by atoms with Crippen molar-refractivity contribution in [3.05, 3.63) is 53.9 Å². The summed E-state index contributed by atoms with van der Waals surface area (Å²) >= 11 is 0. The van der Waals surface area contributed by atoms with E-state index in [9.17, 15) is 0 Å². The number of hydrogen-bond acceptors (Lipinski definition) is 2. The van der Waals surface area contributed by atoms with Crippen molar-refractivity contribution in [3.8, 4) is 17.2 Å². The standard InChI is InChI=1S/C13H10N2/c1-10-4-2-3-5-13(10)11-6-7-12(8-14)15-9-11/h2-7,9H,1H3. The summed E-state index contributed by atoms with van der Waals surface area (Å²) in [7, 11) is 0.